The van der Waals surface area contributed by atoms with E-state index in [1.807, 2.05) is 7.05 Å². The van der Waals surface area contributed by atoms with Crippen molar-refractivity contribution in [3.63, 3.8) is 0 Å². The molecule has 2 rings (SSSR count). The van der Waals surface area contributed by atoms with Crippen molar-refractivity contribution in [3.8, 4) is 5.88 Å². The van der Waals surface area contributed by atoms with Crippen LogP contribution in [0.2, 0.25) is 5.02 Å². The van der Waals surface area contributed by atoms with Crippen LogP contribution in [0.1, 0.15) is 11.1 Å². The van der Waals surface area contributed by atoms with E-state index in [2.05, 4.69) is 10.3 Å². The Labute approximate surface area is 116 Å². The molecule has 1 N–H and O–H groups in total. The van der Waals surface area contributed by atoms with E-state index in [0.717, 1.165) is 5.56 Å². The third-order valence-corrected chi connectivity index (χ3v) is 2.84. The Morgan fingerprint density at radius 2 is 2.16 bits per heavy atom. The van der Waals surface area contributed by atoms with E-state index < -0.39 is 0 Å². The van der Waals surface area contributed by atoms with Gasteiger partial charge in [0.1, 0.15) is 17.4 Å². The molecule has 100 valence electrons. The summed E-state index contributed by atoms with van der Waals surface area (Å²) in [4.78, 5) is 4.12. The van der Waals surface area contributed by atoms with E-state index in [-0.39, 0.29) is 12.4 Å². The number of nitrogens with one attached hydrogen (secondary N) is 1. The lowest BCUT2D eigenvalue weighted by atomic mass is 10.2. The molecule has 0 amide bonds. The van der Waals surface area contributed by atoms with Crippen LogP contribution in [-0.2, 0) is 13.2 Å². The maximum atomic E-state index is 13.4. The van der Waals surface area contributed by atoms with Gasteiger partial charge < -0.3 is 10.1 Å². The topological polar surface area (TPSA) is 34.2 Å². The molecule has 2 aromatic rings. The van der Waals surface area contributed by atoms with Crippen molar-refractivity contribution in [3.05, 3.63) is 58.5 Å². The zero-order chi connectivity index (χ0) is 13.7. The number of pyridine rings is 1. The van der Waals surface area contributed by atoms with Crippen LogP contribution in [0.5, 0.6) is 5.88 Å². The van der Waals surface area contributed by atoms with Gasteiger partial charge >= 0.3 is 0 Å². The zero-order valence-electron chi connectivity index (χ0n) is 10.5. The highest BCUT2D eigenvalue weighted by atomic mass is 35.5. The maximum Gasteiger partial charge on any atom is 0.232 e. The lowest BCUT2D eigenvalue weighted by molar-refractivity contribution is 0.288. The predicted molar refractivity (Wildman–Crippen MR) is 72.7 cm³/mol. The summed E-state index contributed by atoms with van der Waals surface area (Å²) in [6.45, 7) is 0.783. The Bertz CT molecular complexity index is 563. The quantitative estimate of drug-likeness (QED) is 0.913. The van der Waals surface area contributed by atoms with Crippen LogP contribution in [0.3, 0.4) is 0 Å². The van der Waals surface area contributed by atoms with Crippen LogP contribution in [0.25, 0.3) is 0 Å². The lowest BCUT2D eigenvalue weighted by Crippen LogP contribution is -2.06. The standard InChI is InChI=1S/C14H14ClFN2O/c1-17-7-10-6-12(15)14(18-8-10)19-9-11-4-2-3-5-13(11)16/h2-6,8,17H,7,9H2,1H3. The van der Waals surface area contributed by atoms with Gasteiger partial charge in [-0.25, -0.2) is 9.37 Å². The van der Waals surface area contributed by atoms with Crippen LogP contribution >= 0.6 is 11.6 Å². The van der Waals surface area contributed by atoms with Crippen LogP contribution < -0.4 is 10.1 Å². The van der Waals surface area contributed by atoms with Gasteiger partial charge in [-0.05, 0) is 24.7 Å². The van der Waals surface area contributed by atoms with Crippen LogP contribution in [-0.4, -0.2) is 12.0 Å². The highest BCUT2D eigenvalue weighted by Gasteiger charge is 2.07. The SMILES string of the molecule is CNCc1cnc(OCc2ccccc2F)c(Cl)c1. The molecule has 0 aliphatic carbocycles. The molecule has 1 aromatic carbocycles. The molecule has 0 radical (unpaired) electrons. The fourth-order valence-corrected chi connectivity index (χ4v) is 1.88. The minimum Gasteiger partial charge on any atom is -0.472 e. The second-order valence-electron chi connectivity index (χ2n) is 4.04. The van der Waals surface area contributed by atoms with Crippen molar-refractivity contribution >= 4 is 11.6 Å². The summed E-state index contributed by atoms with van der Waals surface area (Å²) in [7, 11) is 1.84. The number of benzene rings is 1. The predicted octanol–water partition coefficient (Wildman–Crippen LogP) is 3.17. The summed E-state index contributed by atoms with van der Waals surface area (Å²) in [5.74, 6) is 0.00944. The van der Waals surface area contributed by atoms with Gasteiger partial charge in [0.2, 0.25) is 5.88 Å². The molecule has 0 atom stereocenters. The minimum absolute atomic E-state index is 0.102. The van der Waals surface area contributed by atoms with Gasteiger partial charge in [-0.1, -0.05) is 29.8 Å². The van der Waals surface area contributed by atoms with E-state index in [0.29, 0.717) is 23.0 Å². The average Bonchev–Trinajstić information content (AvgIpc) is 2.40. The van der Waals surface area contributed by atoms with Gasteiger partial charge in [-0.3, -0.25) is 0 Å². The Hall–Kier alpha value is -1.65. The van der Waals surface area contributed by atoms with Crippen molar-refractivity contribution in [1.82, 2.24) is 10.3 Å². The van der Waals surface area contributed by atoms with E-state index in [1.165, 1.54) is 6.07 Å². The summed E-state index contributed by atoms with van der Waals surface area (Å²) in [5.41, 5.74) is 1.44. The molecule has 0 fully saturated rings. The molecule has 5 heteroatoms. The molecule has 1 heterocycles. The van der Waals surface area contributed by atoms with Gasteiger partial charge in [0.15, 0.2) is 0 Å². The molecule has 19 heavy (non-hydrogen) atoms. The molecular weight excluding hydrogens is 267 g/mol. The Kier molecular flexibility index (Phi) is 4.71. The van der Waals surface area contributed by atoms with Crippen molar-refractivity contribution in [2.45, 2.75) is 13.2 Å². The fraction of sp³-hybridized carbons (Fsp3) is 0.214. The second-order valence-corrected chi connectivity index (χ2v) is 4.45. The molecule has 0 saturated heterocycles. The number of halogens is 2. The molecule has 0 unspecified atom stereocenters. The van der Waals surface area contributed by atoms with Crippen molar-refractivity contribution in [1.29, 1.82) is 0 Å². The molecule has 1 aromatic heterocycles. The Morgan fingerprint density at radius 1 is 1.37 bits per heavy atom. The molecule has 0 aliphatic rings. The van der Waals surface area contributed by atoms with Gasteiger partial charge in [-0.15, -0.1) is 0 Å². The summed E-state index contributed by atoms with van der Waals surface area (Å²) < 4.78 is 18.8. The average molecular weight is 281 g/mol. The molecule has 0 spiro atoms. The van der Waals surface area contributed by atoms with E-state index >= 15 is 0 Å². The van der Waals surface area contributed by atoms with Crippen molar-refractivity contribution in [2.24, 2.45) is 0 Å². The third kappa shape index (κ3) is 3.66. The second kappa shape index (κ2) is 6.50. The first kappa shape index (κ1) is 13.8. The number of hydrogen-bond acceptors (Lipinski definition) is 3. The molecule has 3 nitrogen and oxygen atoms in total. The monoisotopic (exact) mass is 280 g/mol. The summed E-state index contributed by atoms with van der Waals surface area (Å²) in [5, 5.41) is 3.43. The normalized spacial score (nSPS) is 10.5. The summed E-state index contributed by atoms with van der Waals surface area (Å²) >= 11 is 6.06. The van der Waals surface area contributed by atoms with E-state index in [4.69, 9.17) is 16.3 Å². The van der Waals surface area contributed by atoms with Gasteiger partial charge in [0.05, 0.1) is 0 Å². The first-order valence-electron chi connectivity index (χ1n) is 5.86. The number of aromatic nitrogens is 1. The lowest BCUT2D eigenvalue weighted by Gasteiger charge is -2.09. The van der Waals surface area contributed by atoms with Gasteiger partial charge in [-0.2, -0.15) is 0 Å². The molecule has 0 aliphatic heterocycles. The molecular formula is C14H14ClFN2O. The number of nitrogens with zero attached hydrogens (tertiary/aromatic N) is 1. The van der Waals surface area contributed by atoms with Crippen molar-refractivity contribution < 1.29 is 9.13 Å². The van der Waals surface area contributed by atoms with E-state index in [1.54, 1.807) is 30.5 Å². The van der Waals surface area contributed by atoms with Crippen molar-refractivity contribution in [2.75, 3.05) is 7.05 Å². The number of rotatable bonds is 5. The molecule has 0 bridgehead atoms. The summed E-state index contributed by atoms with van der Waals surface area (Å²) in [6, 6.07) is 8.23. The largest absolute Gasteiger partial charge is 0.472 e. The fourth-order valence-electron chi connectivity index (χ4n) is 1.63. The van der Waals surface area contributed by atoms with Crippen LogP contribution in [0, 0.1) is 5.82 Å². The van der Waals surface area contributed by atoms with Crippen LogP contribution in [0.15, 0.2) is 36.5 Å². The van der Waals surface area contributed by atoms with Crippen LogP contribution in [0.4, 0.5) is 4.39 Å². The molecule has 0 saturated carbocycles. The smallest absolute Gasteiger partial charge is 0.232 e. The summed E-state index contributed by atoms with van der Waals surface area (Å²) in [6.07, 6.45) is 1.68. The minimum atomic E-state index is -0.301. The maximum absolute atomic E-state index is 13.4. The zero-order valence-corrected chi connectivity index (χ0v) is 11.2. The highest BCUT2D eigenvalue weighted by Crippen LogP contribution is 2.23. The third-order valence-electron chi connectivity index (χ3n) is 2.57. The van der Waals surface area contributed by atoms with E-state index in [9.17, 15) is 4.39 Å². The highest BCUT2D eigenvalue weighted by molar-refractivity contribution is 6.31. The Balaban J connectivity index is 2.06. The number of hydrogen-bond donors (Lipinski definition) is 1. The van der Waals surface area contributed by atoms with Gasteiger partial charge in [0, 0.05) is 18.3 Å². The Morgan fingerprint density at radius 3 is 2.84 bits per heavy atom. The first-order chi connectivity index (χ1) is 9.20. The first-order valence-corrected chi connectivity index (χ1v) is 6.23. The number of ether oxygens (including phenoxy) is 1. The van der Waals surface area contributed by atoms with Gasteiger partial charge in [0.25, 0.3) is 0 Å².